The minimum atomic E-state index is -0.373. The first-order chi connectivity index (χ1) is 5.77. The lowest BCUT2D eigenvalue weighted by Gasteiger charge is -2.06. The van der Waals surface area contributed by atoms with Gasteiger partial charge in [-0.2, -0.15) is 0 Å². The Kier molecular flexibility index (Phi) is 0.953. The van der Waals surface area contributed by atoms with Gasteiger partial charge in [0.15, 0.2) is 0 Å². The Morgan fingerprint density at radius 2 is 1.50 bits per heavy atom. The molecular formula is C9H8O3. The van der Waals surface area contributed by atoms with Crippen LogP contribution in [0.2, 0.25) is 0 Å². The van der Waals surface area contributed by atoms with Crippen molar-refractivity contribution in [2.24, 2.45) is 11.8 Å². The zero-order valence-corrected chi connectivity index (χ0v) is 6.50. The average molecular weight is 164 g/mol. The van der Waals surface area contributed by atoms with Crippen molar-refractivity contribution in [3.05, 3.63) is 11.1 Å². The lowest BCUT2D eigenvalue weighted by atomic mass is 9.93. The molecule has 1 aliphatic heterocycles. The summed E-state index contributed by atoms with van der Waals surface area (Å²) in [5.41, 5.74) is 1.41. The number of fused-ring (bicyclic) bond motifs is 4. The van der Waals surface area contributed by atoms with E-state index in [0.717, 1.165) is 19.3 Å². The van der Waals surface area contributed by atoms with Crippen molar-refractivity contribution < 1.29 is 14.3 Å². The van der Waals surface area contributed by atoms with Gasteiger partial charge in [-0.05, 0) is 31.1 Å². The van der Waals surface area contributed by atoms with Crippen LogP contribution in [0.1, 0.15) is 19.3 Å². The van der Waals surface area contributed by atoms with Gasteiger partial charge in [0.25, 0.3) is 0 Å². The Bertz CT molecular complexity index is 297. The highest BCUT2D eigenvalue weighted by atomic mass is 16.6. The average Bonchev–Trinajstić information content (AvgIpc) is 2.64. The van der Waals surface area contributed by atoms with Gasteiger partial charge >= 0.3 is 11.9 Å². The van der Waals surface area contributed by atoms with Gasteiger partial charge in [0.1, 0.15) is 0 Å². The zero-order valence-electron chi connectivity index (χ0n) is 6.50. The second-order valence-corrected chi connectivity index (χ2v) is 3.71. The zero-order chi connectivity index (χ0) is 8.29. The molecule has 0 radical (unpaired) electrons. The van der Waals surface area contributed by atoms with Gasteiger partial charge in [-0.15, -0.1) is 0 Å². The second kappa shape index (κ2) is 1.79. The van der Waals surface area contributed by atoms with Gasteiger partial charge in [0.05, 0.1) is 11.1 Å². The third kappa shape index (κ3) is 0.543. The van der Waals surface area contributed by atoms with E-state index in [4.69, 9.17) is 0 Å². The third-order valence-electron chi connectivity index (χ3n) is 3.16. The van der Waals surface area contributed by atoms with Gasteiger partial charge < -0.3 is 4.74 Å². The van der Waals surface area contributed by atoms with Crippen LogP contribution in [0.25, 0.3) is 0 Å². The fraction of sp³-hybridized carbons (Fsp3) is 0.556. The summed E-state index contributed by atoms with van der Waals surface area (Å²) in [6.07, 6.45) is 3.13. The molecule has 12 heavy (non-hydrogen) atoms. The maximum absolute atomic E-state index is 11.2. The Morgan fingerprint density at radius 3 is 2.00 bits per heavy atom. The quantitative estimate of drug-likeness (QED) is 0.393. The molecule has 0 spiro atoms. The van der Waals surface area contributed by atoms with Crippen LogP contribution in [-0.2, 0) is 14.3 Å². The fourth-order valence-corrected chi connectivity index (χ4v) is 2.69. The molecule has 3 rings (SSSR count). The number of cyclic esters (lactones) is 2. The van der Waals surface area contributed by atoms with Gasteiger partial charge in [0.2, 0.25) is 0 Å². The predicted molar refractivity (Wildman–Crippen MR) is 39.0 cm³/mol. The van der Waals surface area contributed by atoms with Crippen LogP contribution in [0, 0.1) is 11.8 Å². The molecule has 62 valence electrons. The fourth-order valence-electron chi connectivity index (χ4n) is 2.69. The van der Waals surface area contributed by atoms with Crippen LogP contribution in [0.4, 0.5) is 0 Å². The van der Waals surface area contributed by atoms with E-state index in [1.165, 1.54) is 0 Å². The highest BCUT2D eigenvalue weighted by Gasteiger charge is 2.50. The van der Waals surface area contributed by atoms with Crippen molar-refractivity contribution in [3.63, 3.8) is 0 Å². The molecule has 3 heteroatoms. The first kappa shape index (κ1) is 6.40. The van der Waals surface area contributed by atoms with Gasteiger partial charge in [-0.25, -0.2) is 9.59 Å². The highest BCUT2D eigenvalue weighted by Crippen LogP contribution is 2.51. The molecule has 2 aliphatic carbocycles. The van der Waals surface area contributed by atoms with E-state index in [-0.39, 0.29) is 11.9 Å². The molecular weight excluding hydrogens is 156 g/mol. The van der Waals surface area contributed by atoms with Crippen LogP contribution < -0.4 is 0 Å². The Morgan fingerprint density at radius 1 is 1.00 bits per heavy atom. The van der Waals surface area contributed by atoms with Crippen molar-refractivity contribution in [2.75, 3.05) is 0 Å². The minimum absolute atomic E-state index is 0.337. The van der Waals surface area contributed by atoms with E-state index in [1.807, 2.05) is 0 Å². The summed E-state index contributed by atoms with van der Waals surface area (Å²) in [4.78, 5) is 22.3. The molecule has 0 unspecified atom stereocenters. The Hall–Kier alpha value is -1.12. The molecule has 0 saturated heterocycles. The maximum Gasteiger partial charge on any atom is 0.342 e. The Balaban J connectivity index is 2.18. The molecule has 0 aromatic heterocycles. The van der Waals surface area contributed by atoms with Crippen LogP contribution in [0.3, 0.4) is 0 Å². The van der Waals surface area contributed by atoms with Crippen molar-refractivity contribution >= 4 is 11.9 Å². The lowest BCUT2D eigenvalue weighted by molar-refractivity contribution is -0.151. The summed E-state index contributed by atoms with van der Waals surface area (Å²) in [6.45, 7) is 0. The van der Waals surface area contributed by atoms with Crippen molar-refractivity contribution in [3.8, 4) is 0 Å². The van der Waals surface area contributed by atoms with Crippen LogP contribution >= 0.6 is 0 Å². The van der Waals surface area contributed by atoms with E-state index in [2.05, 4.69) is 4.74 Å². The van der Waals surface area contributed by atoms with Gasteiger partial charge in [-0.1, -0.05) is 0 Å². The molecule has 2 atom stereocenters. The number of carbonyl (C=O) groups is 2. The van der Waals surface area contributed by atoms with E-state index in [1.54, 1.807) is 0 Å². The van der Waals surface area contributed by atoms with Crippen molar-refractivity contribution in [2.45, 2.75) is 19.3 Å². The summed E-state index contributed by atoms with van der Waals surface area (Å²) in [6, 6.07) is 0. The van der Waals surface area contributed by atoms with Gasteiger partial charge in [0, 0.05) is 0 Å². The summed E-state index contributed by atoms with van der Waals surface area (Å²) in [5.74, 6) is -0.0719. The second-order valence-electron chi connectivity index (χ2n) is 3.71. The maximum atomic E-state index is 11.2. The largest absolute Gasteiger partial charge is 0.386 e. The normalized spacial score (nSPS) is 37.7. The summed E-state index contributed by atoms with van der Waals surface area (Å²) < 4.78 is 4.56. The standard InChI is InChI=1S/C9H8O3/c10-8-6-4-1-2-5(3-4)7(6)9(11)12-8/h4-5H,1-3H2/t4-,5+. The molecule has 0 aromatic rings. The van der Waals surface area contributed by atoms with Crippen LogP contribution in [0.15, 0.2) is 11.1 Å². The number of esters is 2. The number of carbonyl (C=O) groups excluding carboxylic acids is 2. The third-order valence-corrected chi connectivity index (χ3v) is 3.16. The van der Waals surface area contributed by atoms with E-state index in [0.29, 0.717) is 23.0 Å². The first-order valence-electron chi connectivity index (χ1n) is 4.28. The molecule has 1 saturated carbocycles. The molecule has 0 aromatic carbocycles. The smallest absolute Gasteiger partial charge is 0.342 e. The molecule has 0 amide bonds. The molecule has 3 aliphatic rings. The van der Waals surface area contributed by atoms with Crippen molar-refractivity contribution in [1.29, 1.82) is 0 Å². The van der Waals surface area contributed by atoms with Crippen LogP contribution in [0.5, 0.6) is 0 Å². The lowest BCUT2D eigenvalue weighted by Crippen LogP contribution is -2.08. The monoisotopic (exact) mass is 164 g/mol. The molecule has 3 nitrogen and oxygen atoms in total. The highest BCUT2D eigenvalue weighted by molar-refractivity contribution is 6.13. The molecule has 0 N–H and O–H groups in total. The number of hydrogen-bond donors (Lipinski definition) is 0. The Labute approximate surface area is 69.4 Å². The summed E-state index contributed by atoms with van der Waals surface area (Å²) >= 11 is 0. The minimum Gasteiger partial charge on any atom is -0.386 e. The van der Waals surface area contributed by atoms with E-state index < -0.39 is 0 Å². The molecule has 2 bridgehead atoms. The topological polar surface area (TPSA) is 43.4 Å². The summed E-state index contributed by atoms with van der Waals surface area (Å²) in [5, 5.41) is 0. The van der Waals surface area contributed by atoms with Crippen molar-refractivity contribution in [1.82, 2.24) is 0 Å². The van der Waals surface area contributed by atoms with Gasteiger partial charge in [-0.3, -0.25) is 0 Å². The number of rotatable bonds is 0. The predicted octanol–water partition coefficient (Wildman–Crippen LogP) is 0.796. The SMILES string of the molecule is O=C1OC(=O)C2=C1[C@@H]1CC[C@H]2C1. The number of ether oxygens (including phenoxy) is 1. The van der Waals surface area contributed by atoms with Crippen LogP contribution in [-0.4, -0.2) is 11.9 Å². The summed E-state index contributed by atoms with van der Waals surface area (Å²) in [7, 11) is 0. The first-order valence-corrected chi connectivity index (χ1v) is 4.28. The van der Waals surface area contributed by atoms with E-state index >= 15 is 0 Å². The van der Waals surface area contributed by atoms with E-state index in [9.17, 15) is 9.59 Å². The number of hydrogen-bond acceptors (Lipinski definition) is 3. The molecule has 1 heterocycles. The molecule has 1 fully saturated rings.